The summed E-state index contributed by atoms with van der Waals surface area (Å²) in [6.07, 6.45) is 1.51. The lowest BCUT2D eigenvalue weighted by Crippen LogP contribution is -2.46. The molecule has 6 heteroatoms. The smallest absolute Gasteiger partial charge is 0.315 e. The molecule has 1 rings (SSSR count). The van der Waals surface area contributed by atoms with Crippen LogP contribution >= 0.6 is 0 Å². The first kappa shape index (κ1) is 15.8. The minimum Gasteiger partial charge on any atom is -0.481 e. The average molecular weight is 272 g/mol. The molecule has 110 valence electrons. The van der Waals surface area contributed by atoms with Crippen LogP contribution < -0.4 is 10.6 Å². The lowest BCUT2D eigenvalue weighted by atomic mass is 9.98. The molecule has 19 heavy (non-hydrogen) atoms. The molecule has 0 aromatic heterocycles. The highest BCUT2D eigenvalue weighted by molar-refractivity contribution is 5.74. The summed E-state index contributed by atoms with van der Waals surface area (Å²) in [7, 11) is 1.44. The van der Waals surface area contributed by atoms with Gasteiger partial charge in [-0.05, 0) is 24.7 Å². The highest BCUT2D eigenvalue weighted by Crippen LogP contribution is 2.30. The highest BCUT2D eigenvalue weighted by atomic mass is 16.5. The van der Waals surface area contributed by atoms with Gasteiger partial charge in [-0.15, -0.1) is 0 Å². The predicted octanol–water partition coefficient (Wildman–Crippen LogP) is 1.21. The van der Waals surface area contributed by atoms with E-state index in [2.05, 4.69) is 24.5 Å². The Bertz CT molecular complexity index is 322. The van der Waals surface area contributed by atoms with Crippen LogP contribution in [-0.2, 0) is 9.53 Å². The highest BCUT2D eigenvalue weighted by Gasteiger charge is 2.30. The van der Waals surface area contributed by atoms with Gasteiger partial charge in [-0.1, -0.05) is 13.8 Å². The topological polar surface area (TPSA) is 87.7 Å². The number of ether oxygens (including phenoxy) is 1. The molecule has 0 spiro atoms. The number of rotatable bonds is 6. The van der Waals surface area contributed by atoms with Crippen molar-refractivity contribution in [1.29, 1.82) is 0 Å². The second-order valence-corrected chi connectivity index (χ2v) is 5.33. The molecule has 4 unspecified atom stereocenters. The van der Waals surface area contributed by atoms with Gasteiger partial charge in [0.1, 0.15) is 0 Å². The number of carboxylic acids is 1. The summed E-state index contributed by atoms with van der Waals surface area (Å²) in [6.45, 7) is 4.54. The van der Waals surface area contributed by atoms with Crippen LogP contribution in [0.15, 0.2) is 0 Å². The van der Waals surface area contributed by atoms with E-state index in [1.54, 1.807) is 0 Å². The largest absolute Gasteiger partial charge is 0.481 e. The van der Waals surface area contributed by atoms with Gasteiger partial charge in [0.2, 0.25) is 0 Å². The Morgan fingerprint density at radius 2 is 2.05 bits per heavy atom. The Morgan fingerprint density at radius 3 is 2.53 bits per heavy atom. The number of methoxy groups -OCH3 is 1. The normalized spacial score (nSPS) is 27.8. The van der Waals surface area contributed by atoms with E-state index in [0.29, 0.717) is 11.8 Å². The summed E-state index contributed by atoms with van der Waals surface area (Å²) in [5.41, 5.74) is 0. The van der Waals surface area contributed by atoms with Crippen molar-refractivity contribution in [3.8, 4) is 0 Å². The number of urea groups is 1. The maximum absolute atomic E-state index is 11.7. The van der Waals surface area contributed by atoms with Crippen molar-refractivity contribution in [1.82, 2.24) is 10.6 Å². The number of amides is 2. The van der Waals surface area contributed by atoms with Gasteiger partial charge in [-0.25, -0.2) is 4.79 Å². The van der Waals surface area contributed by atoms with Crippen LogP contribution in [0, 0.1) is 11.8 Å². The fourth-order valence-corrected chi connectivity index (χ4v) is 2.43. The molecule has 2 amide bonds. The minimum atomic E-state index is -0.938. The lowest BCUT2D eigenvalue weighted by molar-refractivity contribution is -0.139. The van der Waals surface area contributed by atoms with Gasteiger partial charge in [-0.2, -0.15) is 0 Å². The molecule has 1 aliphatic rings. The molecule has 0 saturated heterocycles. The van der Waals surface area contributed by atoms with Crippen molar-refractivity contribution >= 4 is 12.0 Å². The molecule has 0 aliphatic heterocycles. The Balaban J connectivity index is 2.29. The average Bonchev–Trinajstić information content (AvgIpc) is 2.66. The zero-order valence-corrected chi connectivity index (χ0v) is 11.8. The molecule has 0 bridgehead atoms. The van der Waals surface area contributed by atoms with E-state index in [1.165, 1.54) is 7.11 Å². The van der Waals surface area contributed by atoms with Gasteiger partial charge < -0.3 is 20.5 Å². The first-order chi connectivity index (χ1) is 8.93. The van der Waals surface area contributed by atoms with E-state index >= 15 is 0 Å². The quantitative estimate of drug-likeness (QED) is 0.678. The van der Waals surface area contributed by atoms with Gasteiger partial charge in [-0.3, -0.25) is 4.79 Å². The summed E-state index contributed by atoms with van der Waals surface area (Å²) in [5, 5.41) is 14.3. The van der Waals surface area contributed by atoms with Crippen LogP contribution in [0.3, 0.4) is 0 Å². The van der Waals surface area contributed by atoms with Crippen molar-refractivity contribution < 1.29 is 19.4 Å². The van der Waals surface area contributed by atoms with Crippen molar-refractivity contribution in [2.24, 2.45) is 11.8 Å². The molecular formula is C13H24N2O4. The van der Waals surface area contributed by atoms with Gasteiger partial charge >= 0.3 is 12.0 Å². The summed E-state index contributed by atoms with van der Waals surface area (Å²) < 4.78 is 5.00. The van der Waals surface area contributed by atoms with Crippen molar-refractivity contribution in [3.05, 3.63) is 0 Å². The molecule has 0 radical (unpaired) electrons. The van der Waals surface area contributed by atoms with Crippen molar-refractivity contribution in [2.75, 3.05) is 13.7 Å². The fraction of sp³-hybridized carbons (Fsp3) is 0.846. The molecule has 6 nitrogen and oxygen atoms in total. The third kappa shape index (κ3) is 5.06. The van der Waals surface area contributed by atoms with Gasteiger partial charge in [0.15, 0.2) is 0 Å². The van der Waals surface area contributed by atoms with Crippen LogP contribution in [-0.4, -0.2) is 42.9 Å². The predicted molar refractivity (Wildman–Crippen MR) is 70.9 cm³/mol. The van der Waals surface area contributed by atoms with Crippen LogP contribution in [0.5, 0.6) is 0 Å². The van der Waals surface area contributed by atoms with Crippen LogP contribution in [0.1, 0.15) is 33.1 Å². The molecule has 0 heterocycles. The van der Waals surface area contributed by atoms with Crippen molar-refractivity contribution in [2.45, 2.75) is 45.3 Å². The van der Waals surface area contributed by atoms with Gasteiger partial charge in [0.25, 0.3) is 0 Å². The number of hydrogen-bond donors (Lipinski definition) is 3. The van der Waals surface area contributed by atoms with Crippen molar-refractivity contribution in [3.63, 3.8) is 0 Å². The summed E-state index contributed by atoms with van der Waals surface area (Å²) in [4.78, 5) is 22.3. The number of carbonyl (C=O) groups excluding carboxylic acids is 1. The number of carbonyl (C=O) groups is 2. The Kier molecular flexibility index (Phi) is 6.08. The minimum absolute atomic E-state index is 0.117. The monoisotopic (exact) mass is 272 g/mol. The fourth-order valence-electron chi connectivity index (χ4n) is 2.43. The molecule has 0 aromatic rings. The second-order valence-electron chi connectivity index (χ2n) is 5.33. The molecule has 1 fully saturated rings. The maximum atomic E-state index is 11.7. The summed E-state index contributed by atoms with van der Waals surface area (Å²) in [5.74, 6) is 0.166. The van der Waals surface area contributed by atoms with Gasteiger partial charge in [0, 0.05) is 19.7 Å². The number of aliphatic carboxylic acids is 1. The van der Waals surface area contributed by atoms with E-state index in [4.69, 9.17) is 9.84 Å². The lowest BCUT2D eigenvalue weighted by Gasteiger charge is -2.21. The number of hydrogen-bond acceptors (Lipinski definition) is 3. The SMILES string of the molecule is COC(CNC(=O)NC1CCC(C)C1C)CC(=O)O. The zero-order chi connectivity index (χ0) is 14.4. The van der Waals surface area contributed by atoms with E-state index in [0.717, 1.165) is 12.8 Å². The Hall–Kier alpha value is -1.30. The molecule has 1 saturated carbocycles. The summed E-state index contributed by atoms with van der Waals surface area (Å²) >= 11 is 0. The zero-order valence-electron chi connectivity index (χ0n) is 11.8. The molecule has 3 N–H and O–H groups in total. The van der Waals surface area contributed by atoms with E-state index in [-0.39, 0.29) is 25.0 Å². The molecular weight excluding hydrogens is 248 g/mol. The maximum Gasteiger partial charge on any atom is 0.315 e. The molecule has 0 aromatic carbocycles. The van der Waals surface area contributed by atoms with Gasteiger partial charge in [0.05, 0.1) is 12.5 Å². The Morgan fingerprint density at radius 1 is 1.37 bits per heavy atom. The standard InChI is InChI=1S/C13H24N2O4/c1-8-4-5-11(9(8)2)15-13(18)14-7-10(19-3)6-12(16)17/h8-11H,4-7H2,1-3H3,(H,16,17)(H2,14,15,18). The van der Waals surface area contributed by atoms with E-state index in [1.807, 2.05) is 0 Å². The first-order valence-corrected chi connectivity index (χ1v) is 6.73. The molecule has 1 aliphatic carbocycles. The van der Waals surface area contributed by atoms with E-state index in [9.17, 15) is 9.59 Å². The third-order valence-corrected chi connectivity index (χ3v) is 4.01. The molecule has 4 atom stereocenters. The van der Waals surface area contributed by atoms with Crippen LogP contribution in [0.2, 0.25) is 0 Å². The Labute approximate surface area is 113 Å². The van der Waals surface area contributed by atoms with Crippen LogP contribution in [0.4, 0.5) is 4.79 Å². The first-order valence-electron chi connectivity index (χ1n) is 6.73. The summed E-state index contributed by atoms with van der Waals surface area (Å²) in [6, 6.07) is -0.0474. The second kappa shape index (κ2) is 7.33. The van der Waals surface area contributed by atoms with Crippen LogP contribution in [0.25, 0.3) is 0 Å². The van der Waals surface area contributed by atoms with E-state index < -0.39 is 12.1 Å². The number of carboxylic acid groups (broad SMARTS) is 1. The number of nitrogens with one attached hydrogen (secondary N) is 2. The third-order valence-electron chi connectivity index (χ3n) is 4.01.